The van der Waals surface area contributed by atoms with E-state index >= 15 is 0 Å². The van der Waals surface area contributed by atoms with Gasteiger partial charge >= 0.3 is 5.97 Å². The molecular formula is C24H20F2N2O4. The highest BCUT2D eigenvalue weighted by atomic mass is 19.1. The Morgan fingerprint density at radius 1 is 0.875 bits per heavy atom. The topological polar surface area (TPSA) is 84.5 Å². The Kier molecular flexibility index (Phi) is 7.64. The molecule has 3 aromatic carbocycles. The summed E-state index contributed by atoms with van der Waals surface area (Å²) in [5.41, 5.74) is 0.888. The summed E-state index contributed by atoms with van der Waals surface area (Å²) in [6.45, 7) is -0.663. The van der Waals surface area contributed by atoms with Gasteiger partial charge in [0.05, 0.1) is 18.2 Å². The minimum absolute atomic E-state index is 0.221. The second kappa shape index (κ2) is 10.8. The molecule has 0 bridgehead atoms. The van der Waals surface area contributed by atoms with E-state index in [1.807, 2.05) is 0 Å². The molecule has 0 aliphatic heterocycles. The molecule has 0 aliphatic rings. The number of hydrogen-bond acceptors (Lipinski definition) is 4. The van der Waals surface area contributed by atoms with Gasteiger partial charge in [-0.15, -0.1) is 0 Å². The van der Waals surface area contributed by atoms with Crippen molar-refractivity contribution in [3.8, 4) is 0 Å². The van der Waals surface area contributed by atoms with Gasteiger partial charge in [0.1, 0.15) is 11.6 Å². The minimum atomic E-state index is -0.947. The van der Waals surface area contributed by atoms with Gasteiger partial charge in [-0.05, 0) is 29.8 Å². The van der Waals surface area contributed by atoms with Gasteiger partial charge in [-0.25, -0.2) is 8.78 Å². The molecule has 164 valence electrons. The highest BCUT2D eigenvalue weighted by Crippen LogP contribution is 2.19. The zero-order chi connectivity index (χ0) is 22.9. The van der Waals surface area contributed by atoms with Crippen LogP contribution in [0.4, 0.5) is 14.5 Å². The lowest BCUT2D eigenvalue weighted by Gasteiger charge is -2.19. The average molecular weight is 438 g/mol. The number of amides is 2. The van der Waals surface area contributed by atoms with Crippen LogP contribution in [0.15, 0.2) is 78.9 Å². The number of anilines is 1. The fourth-order valence-corrected chi connectivity index (χ4v) is 2.92. The van der Waals surface area contributed by atoms with E-state index in [2.05, 4.69) is 10.6 Å². The second-order valence-electron chi connectivity index (χ2n) is 6.84. The molecule has 0 spiro atoms. The first kappa shape index (κ1) is 22.6. The molecule has 0 saturated carbocycles. The quantitative estimate of drug-likeness (QED) is 0.521. The molecule has 0 saturated heterocycles. The SMILES string of the molecule is O=C(COC(=O)CC(NC(=O)c1ccccc1)c1ccccc1)Nc1ccc(F)cc1F. The van der Waals surface area contributed by atoms with Gasteiger partial charge in [-0.1, -0.05) is 48.5 Å². The maximum Gasteiger partial charge on any atom is 0.308 e. The molecule has 1 unspecified atom stereocenters. The number of carbonyl (C=O) groups is 3. The molecule has 1 atom stereocenters. The van der Waals surface area contributed by atoms with Gasteiger partial charge in [0.15, 0.2) is 6.61 Å². The van der Waals surface area contributed by atoms with Crippen molar-refractivity contribution in [3.05, 3.63) is 102 Å². The van der Waals surface area contributed by atoms with Crippen molar-refractivity contribution in [2.45, 2.75) is 12.5 Å². The summed E-state index contributed by atoms with van der Waals surface area (Å²) in [4.78, 5) is 36.8. The maximum atomic E-state index is 13.6. The van der Waals surface area contributed by atoms with Gasteiger partial charge in [0.25, 0.3) is 11.8 Å². The van der Waals surface area contributed by atoms with Gasteiger partial charge in [-0.2, -0.15) is 0 Å². The van der Waals surface area contributed by atoms with E-state index in [9.17, 15) is 23.2 Å². The predicted molar refractivity (Wildman–Crippen MR) is 114 cm³/mol. The fourth-order valence-electron chi connectivity index (χ4n) is 2.92. The normalized spacial score (nSPS) is 11.3. The molecule has 0 aliphatic carbocycles. The zero-order valence-corrected chi connectivity index (χ0v) is 16.9. The Labute approximate surface area is 183 Å². The van der Waals surface area contributed by atoms with Crippen LogP contribution >= 0.6 is 0 Å². The summed E-state index contributed by atoms with van der Waals surface area (Å²) < 4.78 is 31.6. The number of hydrogen-bond donors (Lipinski definition) is 2. The summed E-state index contributed by atoms with van der Waals surface area (Å²) in [5.74, 6) is -3.61. The molecule has 0 fully saturated rings. The third kappa shape index (κ3) is 6.46. The summed E-state index contributed by atoms with van der Waals surface area (Å²) in [7, 11) is 0. The summed E-state index contributed by atoms with van der Waals surface area (Å²) >= 11 is 0. The van der Waals surface area contributed by atoms with Crippen LogP contribution in [0, 0.1) is 11.6 Å². The summed E-state index contributed by atoms with van der Waals surface area (Å²) in [5, 5.41) is 5.00. The Morgan fingerprint density at radius 3 is 2.19 bits per heavy atom. The first-order valence-electron chi connectivity index (χ1n) is 9.74. The van der Waals surface area contributed by atoms with Crippen LogP contribution in [-0.4, -0.2) is 24.4 Å². The fraction of sp³-hybridized carbons (Fsp3) is 0.125. The van der Waals surface area contributed by atoms with Crippen LogP contribution in [0.5, 0.6) is 0 Å². The highest BCUT2D eigenvalue weighted by molar-refractivity contribution is 5.95. The molecular weight excluding hydrogens is 418 g/mol. The van der Waals surface area contributed by atoms with Gasteiger partial charge in [0, 0.05) is 11.6 Å². The lowest BCUT2D eigenvalue weighted by molar-refractivity contribution is -0.147. The van der Waals surface area contributed by atoms with Crippen molar-refractivity contribution in [3.63, 3.8) is 0 Å². The number of carbonyl (C=O) groups excluding carboxylic acids is 3. The summed E-state index contributed by atoms with van der Waals surface area (Å²) in [6.07, 6.45) is -0.221. The largest absolute Gasteiger partial charge is 0.455 e. The van der Waals surface area contributed by atoms with Crippen LogP contribution in [0.25, 0.3) is 0 Å². The molecule has 3 rings (SSSR count). The molecule has 0 aromatic heterocycles. The lowest BCUT2D eigenvalue weighted by Crippen LogP contribution is -2.31. The van der Waals surface area contributed by atoms with Crippen LogP contribution in [-0.2, 0) is 14.3 Å². The Morgan fingerprint density at radius 2 is 1.53 bits per heavy atom. The first-order chi connectivity index (χ1) is 15.4. The molecule has 0 heterocycles. The minimum Gasteiger partial charge on any atom is -0.455 e. The number of nitrogens with one attached hydrogen (secondary N) is 2. The zero-order valence-electron chi connectivity index (χ0n) is 16.9. The highest BCUT2D eigenvalue weighted by Gasteiger charge is 2.21. The van der Waals surface area contributed by atoms with E-state index in [0.29, 0.717) is 17.2 Å². The molecule has 2 amide bonds. The van der Waals surface area contributed by atoms with E-state index < -0.39 is 36.2 Å². The van der Waals surface area contributed by atoms with Gasteiger partial charge in [0.2, 0.25) is 0 Å². The van der Waals surface area contributed by atoms with Crippen molar-refractivity contribution in [2.24, 2.45) is 0 Å². The number of ether oxygens (including phenoxy) is 1. The van der Waals surface area contributed by atoms with E-state index in [4.69, 9.17) is 4.74 Å². The Hall–Kier alpha value is -4.07. The van der Waals surface area contributed by atoms with Gasteiger partial charge in [-0.3, -0.25) is 14.4 Å². The van der Waals surface area contributed by atoms with E-state index in [1.54, 1.807) is 60.7 Å². The maximum absolute atomic E-state index is 13.6. The average Bonchev–Trinajstić information content (AvgIpc) is 2.80. The number of benzene rings is 3. The van der Waals surface area contributed by atoms with Crippen molar-refractivity contribution in [2.75, 3.05) is 11.9 Å². The molecule has 8 heteroatoms. The summed E-state index contributed by atoms with van der Waals surface area (Å²) in [6, 6.07) is 19.4. The number of esters is 1. The van der Waals surface area contributed by atoms with Crippen molar-refractivity contribution in [1.29, 1.82) is 0 Å². The van der Waals surface area contributed by atoms with Crippen molar-refractivity contribution < 1.29 is 27.9 Å². The number of rotatable bonds is 8. The van der Waals surface area contributed by atoms with Crippen LogP contribution in [0.2, 0.25) is 0 Å². The van der Waals surface area contributed by atoms with Gasteiger partial charge < -0.3 is 15.4 Å². The third-order valence-corrected chi connectivity index (χ3v) is 4.48. The smallest absolute Gasteiger partial charge is 0.308 e. The van der Waals surface area contributed by atoms with Crippen LogP contribution in [0.1, 0.15) is 28.4 Å². The van der Waals surface area contributed by atoms with E-state index in [-0.39, 0.29) is 18.0 Å². The van der Waals surface area contributed by atoms with Crippen LogP contribution < -0.4 is 10.6 Å². The second-order valence-corrected chi connectivity index (χ2v) is 6.84. The third-order valence-electron chi connectivity index (χ3n) is 4.48. The standard InChI is InChI=1S/C24H20F2N2O4/c25-18-11-12-20(19(26)13-18)27-22(29)15-32-23(30)14-21(16-7-3-1-4-8-16)28-24(31)17-9-5-2-6-10-17/h1-13,21H,14-15H2,(H,27,29)(H,28,31). The monoisotopic (exact) mass is 438 g/mol. The molecule has 32 heavy (non-hydrogen) atoms. The molecule has 6 nitrogen and oxygen atoms in total. The Bertz CT molecular complexity index is 1090. The molecule has 0 radical (unpaired) electrons. The first-order valence-corrected chi connectivity index (χ1v) is 9.74. The van der Waals surface area contributed by atoms with E-state index in [1.165, 1.54) is 0 Å². The van der Waals surface area contributed by atoms with Crippen molar-refractivity contribution >= 4 is 23.5 Å². The molecule has 2 N–H and O–H groups in total. The predicted octanol–water partition coefficient (Wildman–Crippen LogP) is 4.01. The van der Waals surface area contributed by atoms with E-state index in [0.717, 1.165) is 12.1 Å². The lowest BCUT2D eigenvalue weighted by atomic mass is 10.0. The molecule has 3 aromatic rings. The number of halogens is 2. The van der Waals surface area contributed by atoms with Crippen molar-refractivity contribution in [1.82, 2.24) is 5.32 Å². The van der Waals surface area contributed by atoms with Crippen LogP contribution in [0.3, 0.4) is 0 Å². The Balaban J connectivity index is 1.59.